The molecule has 94 valence electrons. The molecule has 1 saturated carbocycles. The molecular weight excluding hydrogens is 292 g/mol. The van der Waals surface area contributed by atoms with Crippen molar-refractivity contribution in [3.05, 3.63) is 40.5 Å². The van der Waals surface area contributed by atoms with Crippen molar-refractivity contribution in [2.24, 2.45) is 0 Å². The minimum Gasteiger partial charge on any atom is -0.394 e. The molecule has 18 heavy (non-hydrogen) atoms. The Bertz CT molecular complexity index is 581. The van der Waals surface area contributed by atoms with Gasteiger partial charge in [-0.25, -0.2) is 0 Å². The molecule has 0 amide bonds. The van der Waals surface area contributed by atoms with E-state index in [2.05, 4.69) is 44.4 Å². The zero-order chi connectivity index (χ0) is 12.6. The Kier molecular flexibility index (Phi) is 3.09. The average molecular weight is 307 g/mol. The number of nitrogens with zero attached hydrogens (tertiary/aromatic N) is 1. The summed E-state index contributed by atoms with van der Waals surface area (Å²) in [6, 6.07) is 8.15. The standard InChI is InChI=1S/C14H15BrN2O/c15-12-4-3-10(8-17-14(9-18)5-6-14)13-11(12)2-1-7-16-13/h1-4,7,17-18H,5-6,8-9H2. The van der Waals surface area contributed by atoms with Crippen molar-refractivity contribution < 1.29 is 5.11 Å². The summed E-state index contributed by atoms with van der Waals surface area (Å²) in [6.45, 7) is 0.968. The van der Waals surface area contributed by atoms with Gasteiger partial charge >= 0.3 is 0 Å². The molecule has 0 atom stereocenters. The van der Waals surface area contributed by atoms with Gasteiger partial charge in [-0.2, -0.15) is 0 Å². The van der Waals surface area contributed by atoms with Gasteiger partial charge in [-0.3, -0.25) is 4.98 Å². The molecule has 0 radical (unpaired) electrons. The number of aromatic nitrogens is 1. The molecular formula is C14H15BrN2O. The number of nitrogens with one attached hydrogen (secondary N) is 1. The predicted molar refractivity (Wildman–Crippen MR) is 75.3 cm³/mol. The van der Waals surface area contributed by atoms with Crippen molar-refractivity contribution in [2.45, 2.75) is 24.9 Å². The van der Waals surface area contributed by atoms with Crippen molar-refractivity contribution in [1.29, 1.82) is 0 Å². The largest absolute Gasteiger partial charge is 0.394 e. The summed E-state index contributed by atoms with van der Waals surface area (Å²) in [7, 11) is 0. The van der Waals surface area contributed by atoms with E-state index in [4.69, 9.17) is 0 Å². The van der Waals surface area contributed by atoms with E-state index in [-0.39, 0.29) is 12.1 Å². The van der Waals surface area contributed by atoms with E-state index in [1.807, 2.05) is 12.3 Å². The topological polar surface area (TPSA) is 45.1 Å². The fourth-order valence-corrected chi connectivity index (χ4v) is 2.62. The van der Waals surface area contributed by atoms with E-state index >= 15 is 0 Å². The van der Waals surface area contributed by atoms with Crippen LogP contribution in [0.5, 0.6) is 0 Å². The van der Waals surface area contributed by atoms with Crippen molar-refractivity contribution in [3.8, 4) is 0 Å². The molecule has 2 N–H and O–H groups in total. The molecule has 3 nitrogen and oxygen atoms in total. The molecule has 0 unspecified atom stereocenters. The molecule has 0 aliphatic heterocycles. The molecule has 1 aromatic heterocycles. The Morgan fingerprint density at radius 1 is 1.33 bits per heavy atom. The third-order valence-corrected chi connectivity index (χ3v) is 4.30. The van der Waals surface area contributed by atoms with Gasteiger partial charge in [0.1, 0.15) is 0 Å². The normalized spacial score (nSPS) is 17.0. The maximum atomic E-state index is 9.31. The van der Waals surface area contributed by atoms with Crippen LogP contribution in [-0.4, -0.2) is 22.2 Å². The highest BCUT2D eigenvalue weighted by molar-refractivity contribution is 9.10. The summed E-state index contributed by atoms with van der Waals surface area (Å²) in [4.78, 5) is 4.46. The predicted octanol–water partition coefficient (Wildman–Crippen LogP) is 2.61. The summed E-state index contributed by atoms with van der Waals surface area (Å²) in [5.41, 5.74) is 2.16. The maximum Gasteiger partial charge on any atom is 0.0758 e. The maximum absolute atomic E-state index is 9.31. The molecule has 2 aromatic rings. The van der Waals surface area contributed by atoms with Crippen molar-refractivity contribution in [2.75, 3.05) is 6.61 Å². The molecule has 0 saturated heterocycles. The second-order valence-electron chi connectivity index (χ2n) is 4.90. The Morgan fingerprint density at radius 3 is 2.89 bits per heavy atom. The van der Waals surface area contributed by atoms with Gasteiger partial charge < -0.3 is 10.4 Å². The highest BCUT2D eigenvalue weighted by Gasteiger charge is 2.41. The molecule has 0 spiro atoms. The summed E-state index contributed by atoms with van der Waals surface area (Å²) in [5.74, 6) is 0. The fraction of sp³-hybridized carbons (Fsp3) is 0.357. The van der Waals surface area contributed by atoms with Gasteiger partial charge in [-0.05, 0) is 30.5 Å². The number of benzene rings is 1. The lowest BCUT2D eigenvalue weighted by atomic mass is 10.1. The first-order valence-electron chi connectivity index (χ1n) is 6.12. The quantitative estimate of drug-likeness (QED) is 0.912. The Labute approximate surface area is 114 Å². The van der Waals surface area contributed by atoms with E-state index < -0.39 is 0 Å². The van der Waals surface area contributed by atoms with Crippen LogP contribution in [0.2, 0.25) is 0 Å². The Morgan fingerprint density at radius 2 is 2.17 bits per heavy atom. The van der Waals surface area contributed by atoms with E-state index in [0.717, 1.165) is 34.8 Å². The fourth-order valence-electron chi connectivity index (χ4n) is 2.16. The number of aliphatic hydroxyl groups is 1. The summed E-state index contributed by atoms with van der Waals surface area (Å²) < 4.78 is 1.07. The van der Waals surface area contributed by atoms with E-state index in [0.29, 0.717) is 0 Å². The van der Waals surface area contributed by atoms with Crippen LogP contribution in [0.3, 0.4) is 0 Å². The monoisotopic (exact) mass is 306 g/mol. The Hall–Kier alpha value is -0.970. The van der Waals surface area contributed by atoms with Crippen LogP contribution in [0, 0.1) is 0 Å². The highest BCUT2D eigenvalue weighted by Crippen LogP contribution is 2.35. The minimum atomic E-state index is -0.0336. The van der Waals surface area contributed by atoms with Crippen LogP contribution >= 0.6 is 15.9 Å². The summed E-state index contributed by atoms with van der Waals surface area (Å²) >= 11 is 3.55. The van der Waals surface area contributed by atoms with Crippen molar-refractivity contribution in [3.63, 3.8) is 0 Å². The smallest absolute Gasteiger partial charge is 0.0758 e. The Balaban J connectivity index is 1.90. The number of hydrogen-bond donors (Lipinski definition) is 2. The number of aliphatic hydroxyl groups excluding tert-OH is 1. The number of hydrogen-bond acceptors (Lipinski definition) is 3. The minimum absolute atomic E-state index is 0.0336. The molecule has 1 aliphatic carbocycles. The van der Waals surface area contributed by atoms with Crippen LogP contribution in [-0.2, 0) is 6.54 Å². The highest BCUT2D eigenvalue weighted by atomic mass is 79.9. The van der Waals surface area contributed by atoms with Gasteiger partial charge in [0.25, 0.3) is 0 Å². The molecule has 0 bridgehead atoms. The number of fused-ring (bicyclic) bond motifs is 1. The zero-order valence-electron chi connectivity index (χ0n) is 9.99. The SMILES string of the molecule is OCC1(NCc2ccc(Br)c3cccnc23)CC1. The molecule has 3 rings (SSSR count). The first kappa shape index (κ1) is 12.1. The number of rotatable bonds is 4. The lowest BCUT2D eigenvalue weighted by Crippen LogP contribution is -2.34. The van der Waals surface area contributed by atoms with Crippen LogP contribution in [0.15, 0.2) is 34.9 Å². The zero-order valence-corrected chi connectivity index (χ0v) is 11.6. The lowest BCUT2D eigenvalue weighted by molar-refractivity contribution is 0.230. The first-order valence-corrected chi connectivity index (χ1v) is 6.91. The van der Waals surface area contributed by atoms with Crippen LogP contribution < -0.4 is 5.32 Å². The third-order valence-electron chi connectivity index (χ3n) is 3.61. The van der Waals surface area contributed by atoms with Crippen LogP contribution in [0.4, 0.5) is 0 Å². The van der Waals surface area contributed by atoms with Gasteiger partial charge in [0.15, 0.2) is 0 Å². The van der Waals surface area contributed by atoms with Crippen molar-refractivity contribution in [1.82, 2.24) is 10.3 Å². The van der Waals surface area contributed by atoms with Gasteiger partial charge in [-0.15, -0.1) is 0 Å². The van der Waals surface area contributed by atoms with Crippen LogP contribution in [0.1, 0.15) is 18.4 Å². The molecule has 1 aromatic carbocycles. The third kappa shape index (κ3) is 2.16. The van der Waals surface area contributed by atoms with Gasteiger partial charge in [-0.1, -0.05) is 28.1 Å². The number of pyridine rings is 1. The average Bonchev–Trinajstić information content (AvgIpc) is 3.19. The van der Waals surface area contributed by atoms with Gasteiger partial charge in [0, 0.05) is 28.1 Å². The van der Waals surface area contributed by atoms with Gasteiger partial charge in [0.2, 0.25) is 0 Å². The van der Waals surface area contributed by atoms with E-state index in [1.165, 1.54) is 5.56 Å². The summed E-state index contributed by atoms with van der Waals surface area (Å²) in [5, 5.41) is 13.9. The second kappa shape index (κ2) is 4.61. The molecule has 4 heteroatoms. The molecule has 1 aliphatic rings. The molecule has 1 fully saturated rings. The van der Waals surface area contributed by atoms with Crippen LogP contribution in [0.25, 0.3) is 10.9 Å². The number of halogens is 1. The lowest BCUT2D eigenvalue weighted by Gasteiger charge is -2.15. The second-order valence-corrected chi connectivity index (χ2v) is 5.75. The van der Waals surface area contributed by atoms with E-state index in [9.17, 15) is 5.11 Å². The van der Waals surface area contributed by atoms with Crippen molar-refractivity contribution >= 4 is 26.8 Å². The van der Waals surface area contributed by atoms with Gasteiger partial charge in [0.05, 0.1) is 12.1 Å². The summed E-state index contributed by atoms with van der Waals surface area (Å²) in [6.07, 6.45) is 3.94. The first-order chi connectivity index (χ1) is 8.74. The molecule has 1 heterocycles. The van der Waals surface area contributed by atoms with E-state index in [1.54, 1.807) is 0 Å².